The van der Waals surface area contributed by atoms with Crippen LogP contribution in [0.3, 0.4) is 0 Å². The predicted octanol–water partition coefficient (Wildman–Crippen LogP) is 0.969. The fourth-order valence-electron chi connectivity index (χ4n) is 0.654. The first-order chi connectivity index (χ1) is 5.72. The van der Waals surface area contributed by atoms with Crippen LogP contribution < -0.4 is 0 Å². The zero-order valence-electron chi connectivity index (χ0n) is 5.87. The van der Waals surface area contributed by atoms with Gasteiger partial charge in [0.25, 0.3) is 0 Å². The van der Waals surface area contributed by atoms with E-state index in [0.29, 0.717) is 0 Å². The second kappa shape index (κ2) is 5.46. The molecule has 2 N–H and O–H groups in total. The predicted molar refractivity (Wildman–Crippen MR) is 35.8 cm³/mol. The maximum absolute atomic E-state index is 10.3. The summed E-state index contributed by atoms with van der Waals surface area (Å²) in [6.45, 7) is 0. The second-order valence-corrected chi connectivity index (χ2v) is 1.82. The molecule has 0 unspecified atom stereocenters. The average molecular weight is 210 g/mol. The van der Waals surface area contributed by atoms with E-state index < -0.39 is 5.97 Å². The Balaban J connectivity index is 0.000000561. The van der Waals surface area contributed by atoms with Gasteiger partial charge >= 0.3 is 25.7 Å². The molecule has 0 radical (unpaired) electrons. The fraction of sp³-hybridized carbons (Fsp3) is 0. The summed E-state index contributed by atoms with van der Waals surface area (Å²) in [5.74, 6) is -1.31. The van der Waals surface area contributed by atoms with Gasteiger partial charge in [0.2, 0.25) is 0 Å². The molecule has 12 heavy (non-hydrogen) atoms. The monoisotopic (exact) mass is 210 g/mol. The number of phenols is 1. The minimum atomic E-state index is -1.11. The third kappa shape index (κ3) is 2.82. The van der Waals surface area contributed by atoms with Crippen LogP contribution in [0.4, 0.5) is 0 Å². The third-order valence-electron chi connectivity index (χ3n) is 1.13. The number of rotatable bonds is 1. The zero-order valence-corrected chi connectivity index (χ0v) is 6.98. The first kappa shape index (κ1) is 10.8. The van der Waals surface area contributed by atoms with Crippen LogP contribution in [0.5, 0.6) is 5.75 Å². The van der Waals surface area contributed by atoms with Gasteiger partial charge < -0.3 is 10.2 Å². The number of hydrogen-bond donors (Lipinski definition) is 2. The normalized spacial score (nSPS) is 8.08. The van der Waals surface area contributed by atoms with Crippen LogP contribution in [0.25, 0.3) is 0 Å². The number of carbonyl (C=O) groups is 1. The molecular weight excluding hydrogens is 204 g/mol. The summed E-state index contributed by atoms with van der Waals surface area (Å²) < 4.78 is 8.00. The van der Waals surface area contributed by atoms with Gasteiger partial charge in [0.15, 0.2) is 0 Å². The van der Waals surface area contributed by atoms with E-state index >= 15 is 0 Å². The van der Waals surface area contributed by atoms with Crippen LogP contribution in [0, 0.1) is 0 Å². The molecule has 0 aliphatic heterocycles. The van der Waals surface area contributed by atoms with Gasteiger partial charge in [-0.05, 0) is 12.1 Å². The fourth-order valence-corrected chi connectivity index (χ4v) is 0.654. The summed E-state index contributed by atoms with van der Waals surface area (Å²) in [6.07, 6.45) is 0. The first-order valence-electron chi connectivity index (χ1n) is 2.87. The Morgan fingerprint density at radius 2 is 1.75 bits per heavy atom. The third-order valence-corrected chi connectivity index (χ3v) is 1.13. The Morgan fingerprint density at radius 1 is 1.25 bits per heavy atom. The molecular formula is C7H6FeO4. The van der Waals surface area contributed by atoms with Crippen molar-refractivity contribution in [3.8, 4) is 5.75 Å². The molecule has 0 heterocycles. The Kier molecular flexibility index (Phi) is 4.92. The molecule has 0 aliphatic rings. The van der Waals surface area contributed by atoms with E-state index in [0.717, 1.165) is 0 Å². The molecule has 0 fully saturated rings. The number of aromatic carboxylic acids is 1. The molecule has 1 rings (SSSR count). The van der Waals surface area contributed by atoms with Crippen LogP contribution >= 0.6 is 0 Å². The van der Waals surface area contributed by atoms with Gasteiger partial charge in [0.05, 0.1) is 0 Å². The van der Waals surface area contributed by atoms with Crippen LogP contribution in [0.1, 0.15) is 10.4 Å². The van der Waals surface area contributed by atoms with E-state index in [1.165, 1.54) is 12.1 Å². The molecule has 0 amide bonds. The molecule has 0 saturated carbocycles. The molecule has 0 atom stereocenters. The number of carboxylic acid groups (broad SMARTS) is 1. The standard InChI is InChI=1S/C7H6O3.Fe.O/c8-6-4-2-1-3-5(6)7(9)10;;/h1-4,8H,(H,9,10);;. The maximum atomic E-state index is 10.3. The minimum absolute atomic E-state index is 0.0671. The topological polar surface area (TPSA) is 74.6 Å². The van der Waals surface area contributed by atoms with Crippen LogP contribution in [0.15, 0.2) is 24.3 Å². The summed E-state index contributed by atoms with van der Waals surface area (Å²) in [5.41, 5.74) is -0.0671. The van der Waals surface area contributed by atoms with E-state index in [1.807, 2.05) is 15.9 Å². The van der Waals surface area contributed by atoms with Gasteiger partial charge in [-0.3, -0.25) is 0 Å². The van der Waals surface area contributed by atoms with Crippen molar-refractivity contribution in [2.45, 2.75) is 0 Å². The molecule has 0 aromatic heterocycles. The van der Waals surface area contributed by atoms with Gasteiger partial charge in [-0.1, -0.05) is 12.1 Å². The van der Waals surface area contributed by atoms with Crippen molar-refractivity contribution < 1.29 is 34.8 Å². The molecule has 0 bridgehead atoms. The summed E-state index contributed by atoms with van der Waals surface area (Å²) in [7, 11) is 0. The molecule has 4 nitrogen and oxygen atoms in total. The Bertz CT molecular complexity index is 274. The van der Waals surface area contributed by atoms with Crippen molar-refractivity contribution in [2.75, 3.05) is 0 Å². The number of benzene rings is 1. The summed E-state index contributed by atoms with van der Waals surface area (Å²) in [5, 5.41) is 17.3. The van der Waals surface area contributed by atoms with E-state index in [1.54, 1.807) is 12.1 Å². The summed E-state index contributed by atoms with van der Waals surface area (Å²) in [4.78, 5) is 10.3. The van der Waals surface area contributed by atoms with Crippen molar-refractivity contribution in [3.05, 3.63) is 29.8 Å². The van der Waals surface area contributed by atoms with Crippen molar-refractivity contribution >= 4 is 5.97 Å². The van der Waals surface area contributed by atoms with Crippen LogP contribution in [-0.4, -0.2) is 16.2 Å². The molecule has 0 aliphatic carbocycles. The van der Waals surface area contributed by atoms with Crippen LogP contribution in [-0.2, 0) is 19.8 Å². The van der Waals surface area contributed by atoms with Gasteiger partial charge in [-0.2, -0.15) is 0 Å². The zero-order chi connectivity index (χ0) is 9.56. The van der Waals surface area contributed by atoms with Gasteiger partial charge in [-0.15, -0.1) is 0 Å². The molecule has 1 aromatic carbocycles. The summed E-state index contributed by atoms with van der Waals surface area (Å²) in [6, 6.07) is 5.81. The van der Waals surface area contributed by atoms with Crippen molar-refractivity contribution in [3.63, 3.8) is 0 Å². The van der Waals surface area contributed by atoms with Gasteiger partial charge in [0.1, 0.15) is 11.3 Å². The Morgan fingerprint density at radius 3 is 2.08 bits per heavy atom. The van der Waals surface area contributed by atoms with E-state index in [2.05, 4.69) is 0 Å². The quantitative estimate of drug-likeness (QED) is 0.677. The van der Waals surface area contributed by atoms with E-state index in [-0.39, 0.29) is 11.3 Å². The number of para-hydroxylation sites is 1. The molecule has 5 heteroatoms. The van der Waals surface area contributed by atoms with Crippen molar-refractivity contribution in [1.29, 1.82) is 0 Å². The van der Waals surface area contributed by atoms with Crippen molar-refractivity contribution in [2.24, 2.45) is 0 Å². The van der Waals surface area contributed by atoms with Gasteiger partial charge in [0, 0.05) is 0 Å². The van der Waals surface area contributed by atoms with E-state index in [4.69, 9.17) is 14.0 Å². The Hall–Kier alpha value is -1.19. The Labute approximate surface area is 76.9 Å². The average Bonchev–Trinajstić information content (AvgIpc) is 2.08. The van der Waals surface area contributed by atoms with E-state index in [9.17, 15) is 4.79 Å². The number of aromatic hydroxyl groups is 1. The first-order valence-corrected chi connectivity index (χ1v) is 3.32. The van der Waals surface area contributed by atoms with Gasteiger partial charge in [-0.25, -0.2) is 4.79 Å². The molecule has 0 saturated heterocycles. The number of hydrogen-bond acceptors (Lipinski definition) is 3. The second-order valence-electron chi connectivity index (χ2n) is 1.82. The number of carboxylic acids is 1. The van der Waals surface area contributed by atoms with Crippen molar-refractivity contribution in [1.82, 2.24) is 0 Å². The van der Waals surface area contributed by atoms with Crippen LogP contribution in [0.2, 0.25) is 0 Å². The summed E-state index contributed by atoms with van der Waals surface area (Å²) >= 11 is 2.00. The molecule has 66 valence electrons. The molecule has 0 spiro atoms. The molecule has 1 aromatic rings. The SMILES string of the molecule is O=C(O)c1ccccc1O.[O]=[Fe].